The molecule has 2 aliphatic heterocycles. The van der Waals surface area contributed by atoms with Crippen molar-refractivity contribution >= 4 is 152 Å². The average Bonchev–Trinajstić information content (AvgIpc) is 1.68. The van der Waals surface area contributed by atoms with Crippen LogP contribution < -0.4 is 32.7 Å². The number of ether oxygens (including phenoxy) is 4. The molecule has 6 aromatic heterocycles. The number of cyclic esters (lactones) is 2. The number of carbonyl (C=O) groups excluding carboxylic acids is 6. The zero-order valence-corrected chi connectivity index (χ0v) is 63.3. The second kappa shape index (κ2) is 42.3. The molecule has 2 fully saturated rings. The van der Waals surface area contributed by atoms with Crippen LogP contribution in [0.4, 0.5) is 44.0 Å². The number of nitrogens with zero attached hydrogens (tertiary/aromatic N) is 12. The number of aryl methyl sites for hydroxylation is 6. The van der Waals surface area contributed by atoms with Gasteiger partial charge in [0.1, 0.15) is 47.5 Å². The highest BCUT2D eigenvalue weighted by atomic mass is 32.1. The van der Waals surface area contributed by atoms with E-state index in [0.717, 1.165) is 76.4 Å². The van der Waals surface area contributed by atoms with Gasteiger partial charge in [-0.1, -0.05) is 104 Å². The van der Waals surface area contributed by atoms with E-state index in [0.29, 0.717) is 67.9 Å². The molecule has 0 radical (unpaired) electrons. The highest BCUT2D eigenvalue weighted by Crippen LogP contribution is 2.28. The van der Waals surface area contributed by atoms with Crippen LogP contribution in [0.25, 0.3) is 0 Å². The summed E-state index contributed by atoms with van der Waals surface area (Å²) in [4.78, 5) is 102. The molecule has 44 heteroatoms. The number of nitrogens with two attached hydrogens (primary N) is 2. The first-order valence-corrected chi connectivity index (χ1v) is 37.7. The summed E-state index contributed by atoms with van der Waals surface area (Å²) in [5.74, 6) is -10.1. The van der Waals surface area contributed by atoms with Crippen LogP contribution in [0, 0.1) is 17.5 Å². The fourth-order valence-electron chi connectivity index (χ4n) is 9.25. The summed E-state index contributed by atoms with van der Waals surface area (Å²) in [6, 6.07) is 17.3. The van der Waals surface area contributed by atoms with Crippen molar-refractivity contribution in [2.24, 2.45) is 0 Å². The van der Waals surface area contributed by atoms with Gasteiger partial charge in [-0.2, -0.15) is 0 Å². The number of aliphatic carboxylic acids is 3. The summed E-state index contributed by atoms with van der Waals surface area (Å²) in [6.07, 6.45) is 4.71. The molecule has 3 aromatic carbocycles. The highest BCUT2D eigenvalue weighted by molar-refractivity contribution is 7.16. The van der Waals surface area contributed by atoms with Crippen molar-refractivity contribution in [3.63, 3.8) is 0 Å². The van der Waals surface area contributed by atoms with Crippen LogP contribution in [0.15, 0.2) is 72.8 Å². The second-order valence-corrected chi connectivity index (χ2v) is 30.5. The van der Waals surface area contributed by atoms with Crippen molar-refractivity contribution in [2.75, 3.05) is 32.7 Å². The largest absolute Gasteiger partial charge is 0.481 e. The van der Waals surface area contributed by atoms with Gasteiger partial charge in [-0.25, -0.2) is 27.6 Å². The van der Waals surface area contributed by atoms with Gasteiger partial charge in [0.05, 0.1) is 32.1 Å². The molecule has 0 aliphatic carbocycles. The minimum absolute atomic E-state index is 0.0388. The first kappa shape index (κ1) is 85.8. The van der Waals surface area contributed by atoms with E-state index in [1.54, 1.807) is 58.0 Å². The Labute approximate surface area is 641 Å². The van der Waals surface area contributed by atoms with E-state index in [1.165, 1.54) is 110 Å². The van der Waals surface area contributed by atoms with Gasteiger partial charge in [-0.15, -0.1) is 61.2 Å². The smallest absolute Gasteiger partial charge is 0.347 e. The Morgan fingerprint density at radius 3 is 1.11 bits per heavy atom. The number of carboxylic acid groups (broad SMARTS) is 3. The van der Waals surface area contributed by atoms with Crippen LogP contribution in [-0.4, -0.2) is 165 Å². The summed E-state index contributed by atoms with van der Waals surface area (Å²) >= 11 is 7.86. The van der Waals surface area contributed by atoms with Crippen LogP contribution in [0.3, 0.4) is 0 Å². The molecule has 11 rings (SSSR count). The van der Waals surface area contributed by atoms with Crippen LogP contribution in [-0.2, 0) is 120 Å². The summed E-state index contributed by atoms with van der Waals surface area (Å²) < 4.78 is 58.9. The molecule has 2 aliphatic rings. The van der Waals surface area contributed by atoms with Crippen LogP contribution in [0.1, 0.15) is 126 Å². The van der Waals surface area contributed by atoms with Gasteiger partial charge in [0.2, 0.25) is 66.2 Å². The quantitative estimate of drug-likeness (QED) is 0.0113. The standard InChI is InChI=1S/C22H23FN6O5S2.C20H21FN6O5S2.C8H7FO2.C8H12N6S2.C7H10O5/c1-22(2)33-17(19(32)34-22)18(31)25-21-29-27-16(36-21)9-4-3-8-15-26-28-20(35-15)24-14(30)11-12-6-5-7-13(23)10-12;21-12-5-3-4-11(8-12)9-14(29)22-19-26-24-16(33-19)6-1-2-7-17-25-27-20(34-17)23-15(30)10-13(28)18(31)32;9-7-3-1-2-6(4-7)5-8(10)11;9-7-13-11-5(15-7)3-1-2-4-6-12-14-8(10)16-6;1-7(2)11-4(3-5(8)9)6(10)12-7/h5-7,10,17H,3-4,8-9,11H2,1-2H3,(H,24,28,30)(H,25,29,31);3-5,8,13,28H,1-2,6-7,9-10H2,(H,31,32)(H,22,26,29)(H,23,27,30);1-4H,5H2,(H,10,11);1-4H2,(H2,9,13)(H2,10,14);4H,3H2,1-2H3,(H,8,9)/t17-;13-;;;4-/m11..1/s1. The molecule has 12 N–H and O–H groups in total. The number of anilines is 6. The predicted octanol–water partition coefficient (Wildman–Crippen LogP) is 7.65. The Kier molecular flexibility index (Phi) is 33.3. The highest BCUT2D eigenvalue weighted by Gasteiger charge is 2.46. The molecule has 4 amide bonds. The van der Waals surface area contributed by atoms with Crippen molar-refractivity contribution in [2.45, 2.75) is 167 Å². The number of halogens is 3. The van der Waals surface area contributed by atoms with E-state index in [1.807, 2.05) is 0 Å². The predicted molar refractivity (Wildman–Crippen MR) is 391 cm³/mol. The summed E-state index contributed by atoms with van der Waals surface area (Å²) in [5.41, 5.74) is 12.6. The Bertz CT molecular complexity index is 4520. The fraction of sp³-hybridized carbons (Fsp3) is 0.400. The fourth-order valence-corrected chi connectivity index (χ4v) is 13.7. The van der Waals surface area contributed by atoms with Crippen LogP contribution >= 0.6 is 68.0 Å². The number of aliphatic hydroxyl groups is 1. The molecule has 3 atom stereocenters. The van der Waals surface area contributed by atoms with Gasteiger partial charge >= 0.3 is 29.8 Å². The number of nitrogens with one attached hydrogen (secondary N) is 4. The van der Waals surface area contributed by atoms with Gasteiger partial charge in [0, 0.05) is 66.2 Å². The molecule has 0 bridgehead atoms. The summed E-state index contributed by atoms with van der Waals surface area (Å²) in [6.45, 7) is 6.23. The van der Waals surface area contributed by atoms with E-state index in [4.69, 9.17) is 45.7 Å². The van der Waals surface area contributed by atoms with E-state index in [2.05, 4.69) is 82.5 Å². The van der Waals surface area contributed by atoms with Crippen molar-refractivity contribution in [3.05, 3.63) is 137 Å². The molecule has 0 spiro atoms. The lowest BCUT2D eigenvalue weighted by atomic mass is 10.1. The molecule has 109 heavy (non-hydrogen) atoms. The van der Waals surface area contributed by atoms with E-state index < -0.39 is 89.6 Å². The lowest BCUT2D eigenvalue weighted by Crippen LogP contribution is -2.33. The van der Waals surface area contributed by atoms with Crippen LogP contribution in [0.5, 0.6) is 0 Å². The number of unbranched alkanes of at least 4 members (excludes halogenated alkanes) is 3. The Morgan fingerprint density at radius 1 is 0.459 bits per heavy atom. The normalized spacial score (nSPS) is 14.6. The number of carbonyl (C=O) groups is 9. The molecule has 35 nitrogen and oxygen atoms in total. The minimum atomic E-state index is -1.77. The van der Waals surface area contributed by atoms with Gasteiger partial charge in [0.15, 0.2) is 12.2 Å². The van der Waals surface area contributed by atoms with Crippen molar-refractivity contribution < 1.29 is 95.7 Å². The Balaban J connectivity index is 0.000000206. The number of amides is 4. The minimum Gasteiger partial charge on any atom is -0.481 e. The van der Waals surface area contributed by atoms with Gasteiger partial charge in [-0.3, -0.25) is 34.1 Å². The van der Waals surface area contributed by atoms with Crippen molar-refractivity contribution in [3.8, 4) is 0 Å². The number of nitrogen functional groups attached to an aromatic ring is 2. The lowest BCUT2D eigenvalue weighted by molar-refractivity contribution is -0.163. The molecular formula is C65H73F3N18O17S6. The Morgan fingerprint density at radius 2 is 0.798 bits per heavy atom. The zero-order chi connectivity index (χ0) is 79.2. The number of aliphatic hydroxyl groups excluding tert-OH is 1. The number of aromatic nitrogens is 12. The molecule has 9 aromatic rings. The maximum Gasteiger partial charge on any atom is 0.347 e. The number of hydrogen-bond acceptors (Lipinski definition) is 34. The lowest BCUT2D eigenvalue weighted by Gasteiger charge is -2.14. The first-order valence-electron chi connectivity index (χ1n) is 32.8. The first-order chi connectivity index (χ1) is 51.8. The SMILES string of the molecule is CC1(C)OC(=O)[C@@H](C(=O)Nc2nnc(CCCCc3nnc(NC(=O)Cc4cccc(F)c4)s3)s2)O1.CC1(C)OC(=O)[C@@H](CC(=O)O)O1.Nc1nnc(CCCCc2nnc(N)s2)s1.O=C(Cc1cccc(F)c1)Nc1nnc(CCCCc2nnc(NC(=O)C[C@@H](O)C(=O)O)s2)s1.O=C(O)Cc1cccc(F)c1. The van der Waals surface area contributed by atoms with E-state index in [9.17, 15) is 61.4 Å². The zero-order valence-electron chi connectivity index (χ0n) is 58.4. The monoisotopic (exact) mass is 1630 g/mol. The molecular weight excluding hydrogens is 1550 g/mol. The third-order valence-corrected chi connectivity index (χ3v) is 19.1. The third kappa shape index (κ3) is 32.1. The number of esters is 2. The average molecular weight is 1630 g/mol. The maximum atomic E-state index is 13.3. The maximum absolute atomic E-state index is 13.3. The van der Waals surface area contributed by atoms with Gasteiger partial charge in [0.25, 0.3) is 5.91 Å². The third-order valence-electron chi connectivity index (χ3n) is 13.9. The van der Waals surface area contributed by atoms with Crippen molar-refractivity contribution in [1.82, 2.24) is 61.2 Å². The number of hydrogen-bond donors (Lipinski definition) is 10. The number of rotatable bonds is 31. The molecule has 2 saturated heterocycles. The molecule has 582 valence electrons. The molecule has 0 unspecified atom stereocenters. The number of benzene rings is 3. The summed E-state index contributed by atoms with van der Waals surface area (Å²) in [7, 11) is 0. The van der Waals surface area contributed by atoms with E-state index >= 15 is 0 Å². The summed E-state index contributed by atoms with van der Waals surface area (Å²) in [5, 5.41) is 99.6. The van der Waals surface area contributed by atoms with Crippen LogP contribution in [0.2, 0.25) is 0 Å². The second-order valence-electron chi connectivity index (χ2n) is 24.0. The van der Waals surface area contributed by atoms with Gasteiger partial charge in [-0.05, 0) is 91.6 Å². The van der Waals surface area contributed by atoms with E-state index in [-0.39, 0.29) is 53.6 Å². The van der Waals surface area contributed by atoms with Gasteiger partial charge < -0.3 is 66.8 Å². The Hall–Kier alpha value is -10.5. The van der Waals surface area contributed by atoms with Crippen molar-refractivity contribution in [1.29, 1.82) is 0 Å². The number of carboxylic acids is 3. The molecule has 0 saturated carbocycles. The topological polar surface area (TPSA) is 526 Å². The molecule has 8 heterocycles.